The minimum Gasteiger partial charge on any atom is -0.376 e. The molecule has 4 rings (SSSR count). The van der Waals surface area contributed by atoms with E-state index in [4.69, 9.17) is 21.3 Å². The third kappa shape index (κ3) is 5.51. The predicted octanol–water partition coefficient (Wildman–Crippen LogP) is 6.37. The fourth-order valence-electron chi connectivity index (χ4n) is 3.34. The zero-order valence-electron chi connectivity index (χ0n) is 16.7. The van der Waals surface area contributed by atoms with E-state index in [1.54, 1.807) is 34.9 Å². The summed E-state index contributed by atoms with van der Waals surface area (Å²) in [7, 11) is 0. The molecule has 158 valence electrons. The second-order valence-electron chi connectivity index (χ2n) is 7.02. The summed E-state index contributed by atoms with van der Waals surface area (Å²) in [6.45, 7) is 1.34. The number of rotatable bonds is 8. The molecule has 1 saturated heterocycles. The van der Waals surface area contributed by atoms with Gasteiger partial charge in [-0.15, -0.1) is 23.5 Å². The van der Waals surface area contributed by atoms with Crippen LogP contribution in [-0.4, -0.2) is 42.2 Å². The molecule has 0 radical (unpaired) electrons. The normalized spacial score (nSPS) is 16.3. The Kier molecular flexibility index (Phi) is 7.59. The van der Waals surface area contributed by atoms with Crippen LogP contribution in [0.15, 0.2) is 52.3 Å². The number of aromatic nitrogens is 1. The van der Waals surface area contributed by atoms with E-state index in [-0.39, 0.29) is 12.0 Å². The Hall–Kier alpha value is -1.25. The first kappa shape index (κ1) is 22.0. The quantitative estimate of drug-likeness (QED) is 0.352. The van der Waals surface area contributed by atoms with Crippen molar-refractivity contribution in [3.8, 4) is 0 Å². The van der Waals surface area contributed by atoms with Crippen molar-refractivity contribution in [1.82, 2.24) is 4.98 Å². The van der Waals surface area contributed by atoms with Gasteiger partial charge in [0, 0.05) is 33.6 Å². The van der Waals surface area contributed by atoms with Crippen LogP contribution < -0.4 is 4.90 Å². The molecule has 1 fully saturated rings. The van der Waals surface area contributed by atoms with Crippen LogP contribution in [0.4, 0.5) is 5.13 Å². The summed E-state index contributed by atoms with van der Waals surface area (Å²) in [6.07, 6.45) is 4.65. The molecule has 1 aliphatic heterocycles. The second kappa shape index (κ2) is 10.4. The van der Waals surface area contributed by atoms with Gasteiger partial charge in [0.2, 0.25) is 5.91 Å². The number of ether oxygens (including phenoxy) is 1. The number of carbonyl (C=O) groups is 1. The standard InChI is InChI=1S/C22H23ClN2O2S3/c1-28-18-8-9-19-20(13-18)30-22(24-19)25(14-16-3-2-11-27-16)21(26)10-12-29-17-6-4-15(23)5-7-17/h4-9,13,16H,2-3,10-12,14H2,1H3. The highest BCUT2D eigenvalue weighted by Gasteiger charge is 2.26. The molecular formula is C22H23ClN2O2S3. The van der Waals surface area contributed by atoms with Gasteiger partial charge in [0.25, 0.3) is 0 Å². The van der Waals surface area contributed by atoms with Crippen molar-refractivity contribution in [2.45, 2.75) is 35.2 Å². The Bertz CT molecular complexity index is 1000. The number of hydrogen-bond donors (Lipinski definition) is 0. The van der Waals surface area contributed by atoms with E-state index < -0.39 is 0 Å². The van der Waals surface area contributed by atoms with Crippen molar-refractivity contribution in [3.05, 3.63) is 47.5 Å². The van der Waals surface area contributed by atoms with Crippen LogP contribution in [0.5, 0.6) is 0 Å². The number of thiazole rings is 1. The van der Waals surface area contributed by atoms with E-state index in [1.807, 2.05) is 35.2 Å². The van der Waals surface area contributed by atoms with Crippen molar-refractivity contribution in [2.75, 3.05) is 30.1 Å². The lowest BCUT2D eigenvalue weighted by molar-refractivity contribution is -0.118. The van der Waals surface area contributed by atoms with Gasteiger partial charge >= 0.3 is 0 Å². The summed E-state index contributed by atoms with van der Waals surface area (Å²) in [5.41, 5.74) is 0.938. The van der Waals surface area contributed by atoms with E-state index >= 15 is 0 Å². The minimum atomic E-state index is 0.0895. The Morgan fingerprint density at radius 3 is 2.80 bits per heavy atom. The van der Waals surface area contributed by atoms with Gasteiger partial charge < -0.3 is 4.74 Å². The van der Waals surface area contributed by atoms with E-state index in [0.717, 1.165) is 44.7 Å². The van der Waals surface area contributed by atoms with Crippen LogP contribution >= 0.6 is 46.5 Å². The van der Waals surface area contributed by atoms with E-state index in [9.17, 15) is 4.79 Å². The molecule has 1 unspecified atom stereocenters. The first-order chi connectivity index (χ1) is 14.6. The highest BCUT2D eigenvalue weighted by atomic mass is 35.5. The molecule has 4 nitrogen and oxygen atoms in total. The van der Waals surface area contributed by atoms with Gasteiger partial charge in [-0.3, -0.25) is 9.69 Å². The van der Waals surface area contributed by atoms with Gasteiger partial charge in [-0.2, -0.15) is 0 Å². The number of hydrogen-bond acceptors (Lipinski definition) is 6. The average Bonchev–Trinajstić information content (AvgIpc) is 3.42. The molecule has 0 bridgehead atoms. The summed E-state index contributed by atoms with van der Waals surface area (Å²) in [6, 6.07) is 14.0. The molecule has 1 aliphatic rings. The predicted molar refractivity (Wildman–Crippen MR) is 130 cm³/mol. The molecule has 2 heterocycles. The lowest BCUT2D eigenvalue weighted by Crippen LogP contribution is -2.37. The van der Waals surface area contributed by atoms with Crippen LogP contribution in [0.25, 0.3) is 10.2 Å². The SMILES string of the molecule is CSc1ccc2nc(N(CC3CCCO3)C(=O)CCSc3ccc(Cl)cc3)sc2c1. The second-order valence-corrected chi connectivity index (χ2v) is 10.5. The maximum absolute atomic E-state index is 13.2. The van der Waals surface area contributed by atoms with Gasteiger partial charge in [-0.25, -0.2) is 4.98 Å². The van der Waals surface area contributed by atoms with E-state index in [1.165, 1.54) is 4.90 Å². The summed E-state index contributed by atoms with van der Waals surface area (Å²) in [5, 5.41) is 1.49. The highest BCUT2D eigenvalue weighted by Crippen LogP contribution is 2.33. The molecule has 0 saturated carbocycles. The van der Waals surface area contributed by atoms with Crippen LogP contribution in [-0.2, 0) is 9.53 Å². The molecule has 2 aromatic carbocycles. The summed E-state index contributed by atoms with van der Waals surface area (Å²) < 4.78 is 6.92. The zero-order valence-corrected chi connectivity index (χ0v) is 19.9. The number of nitrogens with zero attached hydrogens (tertiary/aromatic N) is 2. The zero-order chi connectivity index (χ0) is 20.9. The third-order valence-corrected chi connectivity index (χ3v) is 7.96. The molecule has 3 aromatic rings. The number of amides is 1. The van der Waals surface area contributed by atoms with Crippen molar-refractivity contribution in [3.63, 3.8) is 0 Å². The largest absolute Gasteiger partial charge is 0.376 e. The van der Waals surface area contributed by atoms with E-state index in [0.29, 0.717) is 18.7 Å². The lowest BCUT2D eigenvalue weighted by atomic mass is 10.2. The molecule has 1 amide bonds. The van der Waals surface area contributed by atoms with Crippen LogP contribution in [0.2, 0.25) is 5.02 Å². The Balaban J connectivity index is 1.48. The number of anilines is 1. The number of thioether (sulfide) groups is 2. The molecule has 0 N–H and O–H groups in total. The van der Waals surface area contributed by atoms with E-state index in [2.05, 4.69) is 18.4 Å². The summed E-state index contributed by atoms with van der Waals surface area (Å²) in [5.74, 6) is 0.806. The molecule has 8 heteroatoms. The molecule has 1 atom stereocenters. The molecule has 1 aromatic heterocycles. The smallest absolute Gasteiger partial charge is 0.229 e. The van der Waals surface area contributed by atoms with Crippen molar-refractivity contribution >= 4 is 67.7 Å². The number of halogens is 1. The van der Waals surface area contributed by atoms with Gasteiger partial charge in [-0.05, 0) is 61.6 Å². The fraction of sp³-hybridized carbons (Fsp3) is 0.364. The first-order valence-electron chi connectivity index (χ1n) is 9.87. The molecule has 0 aliphatic carbocycles. The Labute approximate surface area is 194 Å². The first-order valence-corrected chi connectivity index (χ1v) is 13.3. The summed E-state index contributed by atoms with van der Waals surface area (Å²) >= 11 is 10.9. The monoisotopic (exact) mass is 478 g/mol. The van der Waals surface area contributed by atoms with Crippen molar-refractivity contribution < 1.29 is 9.53 Å². The minimum absolute atomic E-state index is 0.0895. The Morgan fingerprint density at radius 1 is 1.27 bits per heavy atom. The lowest BCUT2D eigenvalue weighted by Gasteiger charge is -2.23. The highest BCUT2D eigenvalue weighted by molar-refractivity contribution is 7.99. The molecule has 0 spiro atoms. The maximum Gasteiger partial charge on any atom is 0.229 e. The molecule has 30 heavy (non-hydrogen) atoms. The van der Waals surface area contributed by atoms with Gasteiger partial charge in [0.15, 0.2) is 5.13 Å². The van der Waals surface area contributed by atoms with Crippen LogP contribution in [0.3, 0.4) is 0 Å². The van der Waals surface area contributed by atoms with Gasteiger partial charge in [0.05, 0.1) is 22.9 Å². The molecular weight excluding hydrogens is 456 g/mol. The Morgan fingerprint density at radius 2 is 2.07 bits per heavy atom. The summed E-state index contributed by atoms with van der Waals surface area (Å²) in [4.78, 5) is 22.1. The van der Waals surface area contributed by atoms with Crippen LogP contribution in [0.1, 0.15) is 19.3 Å². The number of carbonyl (C=O) groups excluding carboxylic acids is 1. The topological polar surface area (TPSA) is 42.4 Å². The van der Waals surface area contributed by atoms with Crippen molar-refractivity contribution in [2.24, 2.45) is 0 Å². The fourth-order valence-corrected chi connectivity index (χ4v) is 5.85. The maximum atomic E-state index is 13.2. The third-order valence-electron chi connectivity index (χ3n) is 4.92. The van der Waals surface area contributed by atoms with Crippen molar-refractivity contribution in [1.29, 1.82) is 0 Å². The van der Waals surface area contributed by atoms with Gasteiger partial charge in [-0.1, -0.05) is 22.9 Å². The number of benzene rings is 2. The number of fused-ring (bicyclic) bond motifs is 1. The van der Waals surface area contributed by atoms with Crippen LogP contribution in [0, 0.1) is 0 Å². The average molecular weight is 479 g/mol. The van der Waals surface area contributed by atoms with Gasteiger partial charge in [0.1, 0.15) is 0 Å².